The molecule has 1 atom stereocenters. The van der Waals surface area contributed by atoms with E-state index >= 15 is 0 Å². The third-order valence-electron chi connectivity index (χ3n) is 1.91. The molecule has 0 aromatic rings. The van der Waals surface area contributed by atoms with Crippen molar-refractivity contribution in [1.82, 2.24) is 4.90 Å². The van der Waals surface area contributed by atoms with Gasteiger partial charge in [0.2, 0.25) is 0 Å². The predicted octanol–water partition coefficient (Wildman–Crippen LogP) is 0.930. The zero-order chi connectivity index (χ0) is 12.9. The van der Waals surface area contributed by atoms with Crippen molar-refractivity contribution in [2.24, 2.45) is 5.92 Å². The quantitative estimate of drug-likeness (QED) is 0.779. The number of methoxy groups -OCH3 is 2. The summed E-state index contributed by atoms with van der Waals surface area (Å²) in [5, 5.41) is 8.95. The number of nitrogens with zero attached hydrogens (tertiary/aromatic N) is 1. The normalized spacial score (nSPS) is 11.8. The number of carbonyl (C=O) groups is 3. The zero-order valence-corrected chi connectivity index (χ0v) is 9.59. The monoisotopic (exact) mass is 233 g/mol. The number of aliphatic carboxylic acids is 1. The van der Waals surface area contributed by atoms with E-state index in [9.17, 15) is 14.4 Å². The number of carbonyl (C=O) groups excluding carboxylic acids is 2. The highest BCUT2D eigenvalue weighted by Gasteiger charge is 2.38. The highest BCUT2D eigenvalue weighted by molar-refractivity contribution is 5.93. The largest absolute Gasteiger partial charge is 0.480 e. The summed E-state index contributed by atoms with van der Waals surface area (Å²) >= 11 is 0. The maximum atomic E-state index is 11.3. The average molecular weight is 233 g/mol. The van der Waals surface area contributed by atoms with E-state index in [-0.39, 0.29) is 0 Å². The Hall–Kier alpha value is -1.79. The van der Waals surface area contributed by atoms with Crippen LogP contribution in [0.25, 0.3) is 0 Å². The second-order valence-corrected chi connectivity index (χ2v) is 3.34. The molecular formula is C9H15NO6. The Morgan fingerprint density at radius 2 is 1.44 bits per heavy atom. The number of imide groups is 1. The molecule has 7 nitrogen and oxygen atoms in total. The van der Waals surface area contributed by atoms with Crippen molar-refractivity contribution in [3.8, 4) is 0 Å². The van der Waals surface area contributed by atoms with Gasteiger partial charge in [0.15, 0.2) is 0 Å². The number of amides is 2. The molecule has 92 valence electrons. The standard InChI is InChI=1S/C9H15NO6/c1-5(2)6(7(11)12)10(8(13)15-3)9(14)16-4/h5-6H,1-4H3,(H,11,12)/t6-/m0/s1. The molecule has 16 heavy (non-hydrogen) atoms. The Balaban J connectivity index is 5.20. The fourth-order valence-corrected chi connectivity index (χ4v) is 1.19. The van der Waals surface area contributed by atoms with E-state index in [1.807, 2.05) is 0 Å². The highest BCUT2D eigenvalue weighted by atomic mass is 16.6. The first-order valence-corrected chi connectivity index (χ1v) is 4.54. The Labute approximate surface area is 92.9 Å². The second kappa shape index (κ2) is 5.94. The van der Waals surface area contributed by atoms with E-state index in [4.69, 9.17) is 5.11 Å². The van der Waals surface area contributed by atoms with Crippen LogP contribution in [0, 0.1) is 5.92 Å². The molecular weight excluding hydrogens is 218 g/mol. The van der Waals surface area contributed by atoms with Gasteiger partial charge in [-0.2, -0.15) is 4.90 Å². The van der Waals surface area contributed by atoms with Gasteiger partial charge in [0.25, 0.3) is 0 Å². The Morgan fingerprint density at radius 3 is 1.62 bits per heavy atom. The molecule has 7 heteroatoms. The van der Waals surface area contributed by atoms with Crippen molar-refractivity contribution in [2.45, 2.75) is 19.9 Å². The number of rotatable bonds is 3. The first kappa shape index (κ1) is 14.2. The predicted molar refractivity (Wildman–Crippen MR) is 52.9 cm³/mol. The molecule has 0 aliphatic rings. The summed E-state index contributed by atoms with van der Waals surface area (Å²) in [5.74, 6) is -1.76. The lowest BCUT2D eigenvalue weighted by Gasteiger charge is -2.26. The molecule has 0 fully saturated rings. The summed E-state index contributed by atoms with van der Waals surface area (Å²) in [6.45, 7) is 3.13. The fourth-order valence-electron chi connectivity index (χ4n) is 1.19. The van der Waals surface area contributed by atoms with Gasteiger partial charge in [0, 0.05) is 0 Å². The zero-order valence-electron chi connectivity index (χ0n) is 9.59. The summed E-state index contributed by atoms with van der Waals surface area (Å²) in [5.41, 5.74) is 0. The minimum atomic E-state index is -1.32. The molecule has 0 aromatic carbocycles. The van der Waals surface area contributed by atoms with Gasteiger partial charge in [-0.1, -0.05) is 13.8 Å². The summed E-state index contributed by atoms with van der Waals surface area (Å²) in [4.78, 5) is 34.0. The smallest absolute Gasteiger partial charge is 0.419 e. The first-order valence-electron chi connectivity index (χ1n) is 4.54. The van der Waals surface area contributed by atoms with Crippen molar-refractivity contribution in [3.63, 3.8) is 0 Å². The van der Waals surface area contributed by atoms with Crippen LogP contribution >= 0.6 is 0 Å². The average Bonchev–Trinajstić information content (AvgIpc) is 2.22. The lowest BCUT2D eigenvalue weighted by atomic mass is 10.0. The molecule has 0 saturated heterocycles. The van der Waals surface area contributed by atoms with Gasteiger partial charge in [-0.05, 0) is 5.92 Å². The minimum absolute atomic E-state index is 0.438. The van der Waals surface area contributed by atoms with E-state index in [0.29, 0.717) is 4.90 Å². The summed E-state index contributed by atoms with van der Waals surface area (Å²) < 4.78 is 8.68. The van der Waals surface area contributed by atoms with Gasteiger partial charge >= 0.3 is 18.2 Å². The van der Waals surface area contributed by atoms with Crippen LogP contribution in [-0.2, 0) is 14.3 Å². The van der Waals surface area contributed by atoms with Crippen molar-refractivity contribution >= 4 is 18.2 Å². The number of ether oxygens (including phenoxy) is 2. The summed E-state index contributed by atoms with van der Waals surface area (Å²) in [6, 6.07) is -1.32. The third-order valence-corrected chi connectivity index (χ3v) is 1.91. The minimum Gasteiger partial charge on any atom is -0.480 e. The topological polar surface area (TPSA) is 93.1 Å². The molecule has 0 aliphatic carbocycles. The maximum Gasteiger partial charge on any atom is 0.419 e. The van der Waals surface area contributed by atoms with Crippen LogP contribution in [0.3, 0.4) is 0 Å². The van der Waals surface area contributed by atoms with Gasteiger partial charge in [-0.3, -0.25) is 0 Å². The van der Waals surface area contributed by atoms with E-state index in [1.165, 1.54) is 0 Å². The van der Waals surface area contributed by atoms with Gasteiger partial charge in [-0.15, -0.1) is 0 Å². The number of hydrogen-bond donors (Lipinski definition) is 1. The van der Waals surface area contributed by atoms with Crippen LogP contribution in [0.4, 0.5) is 9.59 Å². The van der Waals surface area contributed by atoms with Gasteiger partial charge in [0.05, 0.1) is 14.2 Å². The number of hydrogen-bond acceptors (Lipinski definition) is 5. The van der Waals surface area contributed by atoms with Gasteiger partial charge < -0.3 is 14.6 Å². The third kappa shape index (κ3) is 3.11. The van der Waals surface area contributed by atoms with Gasteiger partial charge in [0.1, 0.15) is 6.04 Å². The van der Waals surface area contributed by atoms with Crippen LogP contribution in [0.15, 0.2) is 0 Å². The van der Waals surface area contributed by atoms with Crippen LogP contribution in [0.5, 0.6) is 0 Å². The number of carboxylic acids is 1. The Morgan fingerprint density at radius 1 is 1.06 bits per heavy atom. The molecule has 0 unspecified atom stereocenters. The van der Waals surface area contributed by atoms with Crippen molar-refractivity contribution < 1.29 is 29.0 Å². The van der Waals surface area contributed by atoms with Crippen LogP contribution in [0.1, 0.15) is 13.8 Å². The van der Waals surface area contributed by atoms with E-state index < -0.39 is 30.1 Å². The summed E-state index contributed by atoms with van der Waals surface area (Å²) in [7, 11) is 2.11. The molecule has 0 spiro atoms. The molecule has 0 heterocycles. The SMILES string of the molecule is COC(=O)N(C(=O)OC)[C@H](C(=O)O)C(C)C. The van der Waals surface area contributed by atoms with Gasteiger partial charge in [-0.25, -0.2) is 14.4 Å². The van der Waals surface area contributed by atoms with Crippen LogP contribution < -0.4 is 0 Å². The molecule has 0 bridgehead atoms. The van der Waals surface area contributed by atoms with Crippen LogP contribution in [-0.4, -0.2) is 48.4 Å². The first-order chi connectivity index (χ1) is 7.36. The molecule has 0 aliphatic heterocycles. The number of carboxylic acid groups (broad SMARTS) is 1. The van der Waals surface area contributed by atoms with E-state index in [1.54, 1.807) is 13.8 Å². The molecule has 0 saturated carbocycles. The highest BCUT2D eigenvalue weighted by Crippen LogP contribution is 2.14. The lowest BCUT2D eigenvalue weighted by Crippen LogP contribution is -2.51. The Bertz CT molecular complexity index is 272. The molecule has 2 amide bonds. The molecule has 0 rings (SSSR count). The molecule has 1 N–H and O–H groups in total. The van der Waals surface area contributed by atoms with Crippen molar-refractivity contribution in [3.05, 3.63) is 0 Å². The van der Waals surface area contributed by atoms with Crippen molar-refractivity contribution in [1.29, 1.82) is 0 Å². The Kier molecular flexibility index (Phi) is 5.27. The second-order valence-electron chi connectivity index (χ2n) is 3.34. The van der Waals surface area contributed by atoms with Crippen LogP contribution in [0.2, 0.25) is 0 Å². The molecule has 0 radical (unpaired) electrons. The summed E-state index contributed by atoms with van der Waals surface area (Å²) in [6.07, 6.45) is -2.12. The van der Waals surface area contributed by atoms with E-state index in [2.05, 4.69) is 9.47 Å². The lowest BCUT2D eigenvalue weighted by molar-refractivity contribution is -0.143. The maximum absolute atomic E-state index is 11.3. The van der Waals surface area contributed by atoms with Crippen molar-refractivity contribution in [2.75, 3.05) is 14.2 Å². The van der Waals surface area contributed by atoms with E-state index in [0.717, 1.165) is 14.2 Å². The fraction of sp³-hybridized carbons (Fsp3) is 0.667. The molecule has 0 aromatic heterocycles.